The fourth-order valence-electron chi connectivity index (χ4n) is 1.80. The van der Waals surface area contributed by atoms with Gasteiger partial charge in [0.15, 0.2) is 5.75 Å². The zero-order valence-electron chi connectivity index (χ0n) is 11.8. The fourth-order valence-corrected chi connectivity index (χ4v) is 1.80. The van der Waals surface area contributed by atoms with Gasteiger partial charge in [-0.25, -0.2) is 4.98 Å². The smallest absolute Gasteiger partial charge is 0.238 e. The number of rotatable bonds is 6. The summed E-state index contributed by atoms with van der Waals surface area (Å²) in [4.78, 5) is 8.60. The highest BCUT2D eigenvalue weighted by Crippen LogP contribution is 2.20. The first-order valence-electron chi connectivity index (χ1n) is 6.97. The van der Waals surface area contributed by atoms with Crippen LogP contribution in [0.5, 0.6) is 11.6 Å². The van der Waals surface area contributed by atoms with E-state index in [1.54, 1.807) is 18.6 Å². The molecule has 1 aliphatic rings. The largest absolute Gasteiger partial charge is 0.434 e. The average Bonchev–Trinajstić information content (AvgIpc) is 3.15. The SMILES string of the molecule is CC(C)n1cc(Oc2cnc(CNC3CC3)cn2)cn1. The van der Waals surface area contributed by atoms with Crippen LogP contribution in [0.25, 0.3) is 0 Å². The second-order valence-electron chi connectivity index (χ2n) is 5.35. The highest BCUT2D eigenvalue weighted by atomic mass is 16.5. The molecule has 0 bridgehead atoms. The van der Waals surface area contributed by atoms with Crippen LogP contribution in [0.2, 0.25) is 0 Å². The Morgan fingerprint density at radius 3 is 2.75 bits per heavy atom. The topological polar surface area (TPSA) is 64.9 Å². The Labute approximate surface area is 118 Å². The van der Waals surface area contributed by atoms with Gasteiger partial charge in [0.05, 0.1) is 30.5 Å². The maximum Gasteiger partial charge on any atom is 0.238 e. The first-order chi connectivity index (χ1) is 9.70. The number of aromatic nitrogens is 4. The second-order valence-corrected chi connectivity index (χ2v) is 5.35. The summed E-state index contributed by atoms with van der Waals surface area (Å²) in [6, 6.07) is 0.990. The molecule has 2 heterocycles. The van der Waals surface area contributed by atoms with E-state index in [2.05, 4.69) is 34.2 Å². The van der Waals surface area contributed by atoms with E-state index in [1.165, 1.54) is 12.8 Å². The second kappa shape index (κ2) is 5.58. The molecule has 6 heteroatoms. The van der Waals surface area contributed by atoms with Gasteiger partial charge in [-0.15, -0.1) is 0 Å². The van der Waals surface area contributed by atoms with Gasteiger partial charge in [0.1, 0.15) is 0 Å². The van der Waals surface area contributed by atoms with Crippen LogP contribution in [0.15, 0.2) is 24.8 Å². The lowest BCUT2D eigenvalue weighted by Gasteiger charge is -2.05. The summed E-state index contributed by atoms with van der Waals surface area (Å²) in [6.45, 7) is 4.90. The Hall–Kier alpha value is -1.95. The number of nitrogens with one attached hydrogen (secondary N) is 1. The third-order valence-corrected chi connectivity index (χ3v) is 3.16. The molecule has 1 N–H and O–H groups in total. The van der Waals surface area contributed by atoms with E-state index in [1.807, 2.05) is 10.9 Å². The molecule has 0 amide bonds. The molecule has 0 radical (unpaired) electrons. The Balaban J connectivity index is 1.58. The first kappa shape index (κ1) is 13.1. The van der Waals surface area contributed by atoms with Gasteiger partial charge in [-0.2, -0.15) is 5.10 Å². The molecule has 6 nitrogen and oxygen atoms in total. The van der Waals surface area contributed by atoms with E-state index in [4.69, 9.17) is 4.74 Å². The summed E-state index contributed by atoms with van der Waals surface area (Å²) in [7, 11) is 0. The highest BCUT2D eigenvalue weighted by molar-refractivity contribution is 5.20. The van der Waals surface area contributed by atoms with Gasteiger partial charge in [-0.05, 0) is 26.7 Å². The molecule has 2 aromatic heterocycles. The van der Waals surface area contributed by atoms with Gasteiger partial charge in [-0.3, -0.25) is 9.67 Å². The minimum atomic E-state index is 0.314. The lowest BCUT2D eigenvalue weighted by molar-refractivity contribution is 0.455. The van der Waals surface area contributed by atoms with E-state index < -0.39 is 0 Å². The molecule has 106 valence electrons. The summed E-state index contributed by atoms with van der Waals surface area (Å²) < 4.78 is 7.47. The molecule has 0 atom stereocenters. The number of hydrogen-bond acceptors (Lipinski definition) is 5. The number of hydrogen-bond donors (Lipinski definition) is 1. The first-order valence-corrected chi connectivity index (χ1v) is 6.97. The van der Waals surface area contributed by atoms with Crippen molar-refractivity contribution in [1.29, 1.82) is 0 Å². The Morgan fingerprint density at radius 1 is 1.30 bits per heavy atom. The monoisotopic (exact) mass is 273 g/mol. The van der Waals surface area contributed by atoms with Crippen molar-refractivity contribution in [2.45, 2.75) is 45.3 Å². The molecular weight excluding hydrogens is 254 g/mol. The van der Waals surface area contributed by atoms with E-state index in [0.29, 0.717) is 23.7 Å². The van der Waals surface area contributed by atoms with Crippen LogP contribution < -0.4 is 10.1 Å². The van der Waals surface area contributed by atoms with Crippen molar-refractivity contribution in [3.63, 3.8) is 0 Å². The van der Waals surface area contributed by atoms with E-state index in [-0.39, 0.29) is 0 Å². The van der Waals surface area contributed by atoms with Crippen molar-refractivity contribution in [3.05, 3.63) is 30.5 Å². The Bertz CT molecular complexity index is 559. The van der Waals surface area contributed by atoms with Crippen LogP contribution in [0.4, 0.5) is 0 Å². The Morgan fingerprint density at radius 2 is 2.15 bits per heavy atom. The molecule has 0 saturated heterocycles. The lowest BCUT2D eigenvalue weighted by atomic mass is 10.4. The van der Waals surface area contributed by atoms with Crippen LogP contribution in [-0.2, 0) is 6.54 Å². The number of ether oxygens (including phenoxy) is 1. The van der Waals surface area contributed by atoms with E-state index in [9.17, 15) is 0 Å². The highest BCUT2D eigenvalue weighted by Gasteiger charge is 2.20. The molecule has 0 unspecified atom stereocenters. The normalized spacial score (nSPS) is 14.8. The molecule has 0 aromatic carbocycles. The standard InChI is InChI=1S/C14H19N5O/c1-10(2)19-9-13(7-18-19)20-14-8-16-12(6-17-14)5-15-11-3-4-11/h6-11,15H,3-5H2,1-2H3. The maximum absolute atomic E-state index is 5.62. The molecule has 2 aromatic rings. The van der Waals surface area contributed by atoms with Crippen LogP contribution in [-0.4, -0.2) is 25.8 Å². The predicted octanol–water partition coefficient (Wildman–Crippen LogP) is 2.30. The molecule has 3 rings (SSSR count). The molecule has 1 fully saturated rings. The third-order valence-electron chi connectivity index (χ3n) is 3.16. The van der Waals surface area contributed by atoms with Crippen molar-refractivity contribution in [2.24, 2.45) is 0 Å². The zero-order chi connectivity index (χ0) is 13.9. The van der Waals surface area contributed by atoms with Gasteiger partial charge < -0.3 is 10.1 Å². The third kappa shape index (κ3) is 3.33. The summed E-state index contributed by atoms with van der Waals surface area (Å²) in [5.41, 5.74) is 0.933. The van der Waals surface area contributed by atoms with E-state index >= 15 is 0 Å². The maximum atomic E-state index is 5.62. The van der Waals surface area contributed by atoms with Crippen molar-refractivity contribution in [2.75, 3.05) is 0 Å². The lowest BCUT2D eigenvalue weighted by Crippen LogP contribution is -2.16. The van der Waals surface area contributed by atoms with Gasteiger partial charge in [0.2, 0.25) is 5.88 Å². The minimum absolute atomic E-state index is 0.314. The van der Waals surface area contributed by atoms with Gasteiger partial charge >= 0.3 is 0 Å². The average molecular weight is 273 g/mol. The van der Waals surface area contributed by atoms with Crippen LogP contribution >= 0.6 is 0 Å². The minimum Gasteiger partial charge on any atom is -0.434 e. The molecule has 1 saturated carbocycles. The van der Waals surface area contributed by atoms with Gasteiger partial charge in [0.25, 0.3) is 0 Å². The van der Waals surface area contributed by atoms with Crippen molar-refractivity contribution in [1.82, 2.24) is 25.1 Å². The molecule has 0 spiro atoms. The van der Waals surface area contributed by atoms with Crippen LogP contribution in [0, 0.1) is 0 Å². The quantitative estimate of drug-likeness (QED) is 0.875. The van der Waals surface area contributed by atoms with Gasteiger partial charge in [-0.1, -0.05) is 0 Å². The van der Waals surface area contributed by atoms with E-state index in [0.717, 1.165) is 12.2 Å². The fraction of sp³-hybridized carbons (Fsp3) is 0.500. The van der Waals surface area contributed by atoms with Crippen molar-refractivity contribution in [3.8, 4) is 11.6 Å². The summed E-state index contributed by atoms with van der Waals surface area (Å²) >= 11 is 0. The summed E-state index contributed by atoms with van der Waals surface area (Å²) in [6.07, 6.45) is 9.48. The number of nitrogens with zero attached hydrogens (tertiary/aromatic N) is 4. The Kier molecular flexibility index (Phi) is 3.64. The molecule has 0 aliphatic heterocycles. The van der Waals surface area contributed by atoms with Crippen LogP contribution in [0.1, 0.15) is 38.4 Å². The van der Waals surface area contributed by atoms with Crippen LogP contribution in [0.3, 0.4) is 0 Å². The summed E-state index contributed by atoms with van der Waals surface area (Å²) in [5, 5.41) is 7.62. The van der Waals surface area contributed by atoms with Gasteiger partial charge in [0, 0.05) is 18.6 Å². The predicted molar refractivity (Wildman–Crippen MR) is 74.6 cm³/mol. The zero-order valence-corrected chi connectivity index (χ0v) is 11.8. The van der Waals surface area contributed by atoms with Crippen molar-refractivity contribution >= 4 is 0 Å². The molecule has 1 aliphatic carbocycles. The molecular formula is C14H19N5O. The summed E-state index contributed by atoms with van der Waals surface area (Å²) in [5.74, 6) is 1.17. The molecule has 20 heavy (non-hydrogen) atoms. The van der Waals surface area contributed by atoms with Crippen molar-refractivity contribution < 1.29 is 4.74 Å².